The minimum atomic E-state index is 0.259. The molecule has 0 aliphatic carbocycles. The molecule has 1 aromatic heterocycles. The standard InChI is InChI=1S/C11H17N3OS/c1-3-10-12-11(16-13-10)14-6-4-9(5-7-14)8(2)15/h9H,3-7H2,1-2H3. The summed E-state index contributed by atoms with van der Waals surface area (Å²) in [6, 6.07) is 0. The topological polar surface area (TPSA) is 46.1 Å². The zero-order valence-electron chi connectivity index (χ0n) is 9.77. The van der Waals surface area contributed by atoms with Crippen LogP contribution in [0.15, 0.2) is 0 Å². The molecule has 1 fully saturated rings. The van der Waals surface area contributed by atoms with Crippen molar-refractivity contribution in [1.82, 2.24) is 9.36 Å². The first-order valence-corrected chi connectivity index (χ1v) is 6.56. The van der Waals surface area contributed by atoms with Crippen molar-refractivity contribution in [2.75, 3.05) is 18.0 Å². The number of hydrogen-bond donors (Lipinski definition) is 0. The van der Waals surface area contributed by atoms with E-state index in [1.165, 1.54) is 11.5 Å². The molecule has 4 nitrogen and oxygen atoms in total. The summed E-state index contributed by atoms with van der Waals surface area (Å²) in [5.74, 6) is 1.51. The fourth-order valence-corrected chi connectivity index (χ4v) is 2.80. The Morgan fingerprint density at radius 3 is 2.69 bits per heavy atom. The zero-order chi connectivity index (χ0) is 11.5. The minimum absolute atomic E-state index is 0.259. The van der Waals surface area contributed by atoms with Crippen molar-refractivity contribution in [2.24, 2.45) is 5.92 Å². The number of aromatic nitrogens is 2. The molecular formula is C11H17N3OS. The Kier molecular flexibility index (Phi) is 3.53. The molecule has 0 bridgehead atoms. The van der Waals surface area contributed by atoms with Gasteiger partial charge >= 0.3 is 0 Å². The second-order valence-corrected chi connectivity index (χ2v) is 4.95. The Morgan fingerprint density at radius 2 is 2.19 bits per heavy atom. The molecule has 2 heterocycles. The monoisotopic (exact) mass is 239 g/mol. The Balaban J connectivity index is 1.96. The summed E-state index contributed by atoms with van der Waals surface area (Å²) in [6.07, 6.45) is 2.80. The number of rotatable bonds is 3. The van der Waals surface area contributed by atoms with Gasteiger partial charge in [0.15, 0.2) is 0 Å². The lowest BCUT2D eigenvalue weighted by Gasteiger charge is -2.30. The maximum absolute atomic E-state index is 11.2. The fraction of sp³-hybridized carbons (Fsp3) is 0.727. The van der Waals surface area contributed by atoms with Gasteiger partial charge in [-0.15, -0.1) is 0 Å². The highest BCUT2D eigenvalue weighted by Gasteiger charge is 2.24. The van der Waals surface area contributed by atoms with Gasteiger partial charge in [0.25, 0.3) is 0 Å². The van der Waals surface area contributed by atoms with E-state index in [0.717, 1.165) is 43.3 Å². The van der Waals surface area contributed by atoms with Crippen LogP contribution in [0.3, 0.4) is 0 Å². The van der Waals surface area contributed by atoms with Gasteiger partial charge in [0, 0.05) is 37.0 Å². The number of nitrogens with zero attached hydrogens (tertiary/aromatic N) is 3. The first-order valence-electron chi connectivity index (χ1n) is 5.78. The van der Waals surface area contributed by atoms with E-state index in [4.69, 9.17) is 0 Å². The highest BCUT2D eigenvalue weighted by atomic mass is 32.1. The summed E-state index contributed by atoms with van der Waals surface area (Å²) < 4.78 is 4.29. The molecule has 0 spiro atoms. The Morgan fingerprint density at radius 1 is 1.50 bits per heavy atom. The van der Waals surface area contributed by atoms with E-state index in [1.807, 2.05) is 0 Å². The van der Waals surface area contributed by atoms with Crippen molar-refractivity contribution in [2.45, 2.75) is 33.1 Å². The van der Waals surface area contributed by atoms with Gasteiger partial charge < -0.3 is 4.90 Å². The summed E-state index contributed by atoms with van der Waals surface area (Å²) in [4.78, 5) is 18.0. The van der Waals surface area contributed by atoms with E-state index < -0.39 is 0 Å². The Bertz CT molecular complexity index is 369. The summed E-state index contributed by atoms with van der Waals surface area (Å²) >= 11 is 1.47. The van der Waals surface area contributed by atoms with Crippen LogP contribution < -0.4 is 4.90 Å². The van der Waals surface area contributed by atoms with Crippen LogP contribution in [0.1, 0.15) is 32.5 Å². The number of piperidine rings is 1. The third-order valence-electron chi connectivity index (χ3n) is 3.11. The van der Waals surface area contributed by atoms with Crippen LogP contribution in [0, 0.1) is 5.92 Å². The number of hydrogen-bond acceptors (Lipinski definition) is 5. The van der Waals surface area contributed by atoms with Crippen LogP contribution in [0.4, 0.5) is 5.13 Å². The smallest absolute Gasteiger partial charge is 0.205 e. The summed E-state index contributed by atoms with van der Waals surface area (Å²) in [7, 11) is 0. The van der Waals surface area contributed by atoms with Crippen LogP contribution >= 0.6 is 11.5 Å². The van der Waals surface area contributed by atoms with Gasteiger partial charge in [0.1, 0.15) is 11.6 Å². The van der Waals surface area contributed by atoms with E-state index in [2.05, 4.69) is 21.2 Å². The number of Topliss-reactive ketones (excluding diaryl/α,β-unsaturated/α-hetero) is 1. The van der Waals surface area contributed by atoms with Gasteiger partial charge in [0.2, 0.25) is 5.13 Å². The van der Waals surface area contributed by atoms with E-state index in [1.54, 1.807) is 6.92 Å². The van der Waals surface area contributed by atoms with Crippen LogP contribution in [-0.4, -0.2) is 28.2 Å². The third kappa shape index (κ3) is 2.40. The molecular weight excluding hydrogens is 222 g/mol. The molecule has 1 aliphatic heterocycles. The van der Waals surface area contributed by atoms with E-state index in [9.17, 15) is 4.79 Å². The predicted octanol–water partition coefficient (Wildman–Crippen LogP) is 1.91. The third-order valence-corrected chi connectivity index (χ3v) is 3.93. The van der Waals surface area contributed by atoms with Crippen molar-refractivity contribution < 1.29 is 4.79 Å². The van der Waals surface area contributed by atoms with E-state index >= 15 is 0 Å². The minimum Gasteiger partial charge on any atom is -0.347 e. The van der Waals surface area contributed by atoms with E-state index in [0.29, 0.717) is 5.78 Å². The molecule has 0 saturated carbocycles. The van der Waals surface area contributed by atoms with Gasteiger partial charge in [-0.25, -0.2) is 4.98 Å². The quantitative estimate of drug-likeness (QED) is 0.808. The average Bonchev–Trinajstić information content (AvgIpc) is 2.77. The lowest BCUT2D eigenvalue weighted by Crippen LogP contribution is -2.35. The van der Waals surface area contributed by atoms with E-state index in [-0.39, 0.29) is 5.92 Å². The average molecular weight is 239 g/mol. The van der Waals surface area contributed by atoms with Crippen LogP contribution in [0.5, 0.6) is 0 Å². The first kappa shape index (κ1) is 11.5. The Hall–Kier alpha value is -0.970. The van der Waals surface area contributed by atoms with Crippen LogP contribution in [0.2, 0.25) is 0 Å². The summed E-state index contributed by atoms with van der Waals surface area (Å²) in [5.41, 5.74) is 0. The first-order chi connectivity index (χ1) is 7.70. The van der Waals surface area contributed by atoms with Crippen LogP contribution in [-0.2, 0) is 11.2 Å². The van der Waals surface area contributed by atoms with Crippen molar-refractivity contribution in [1.29, 1.82) is 0 Å². The molecule has 0 radical (unpaired) electrons. The molecule has 88 valence electrons. The lowest BCUT2D eigenvalue weighted by atomic mass is 9.94. The molecule has 0 atom stereocenters. The van der Waals surface area contributed by atoms with Crippen molar-refractivity contribution >= 4 is 22.4 Å². The number of anilines is 1. The van der Waals surface area contributed by atoms with Gasteiger partial charge in [-0.3, -0.25) is 4.79 Å². The fourth-order valence-electron chi connectivity index (χ4n) is 1.99. The molecule has 0 amide bonds. The normalized spacial score (nSPS) is 17.8. The molecule has 16 heavy (non-hydrogen) atoms. The largest absolute Gasteiger partial charge is 0.347 e. The zero-order valence-corrected chi connectivity index (χ0v) is 10.6. The molecule has 1 aliphatic rings. The molecule has 5 heteroatoms. The maximum Gasteiger partial charge on any atom is 0.205 e. The van der Waals surface area contributed by atoms with Crippen molar-refractivity contribution in [3.8, 4) is 0 Å². The molecule has 0 unspecified atom stereocenters. The summed E-state index contributed by atoms with van der Waals surface area (Å²) in [5, 5.41) is 1.01. The number of carbonyl (C=O) groups excluding carboxylic acids is 1. The number of carbonyl (C=O) groups is 1. The molecule has 0 N–H and O–H groups in total. The van der Waals surface area contributed by atoms with Crippen molar-refractivity contribution in [3.05, 3.63) is 5.82 Å². The van der Waals surface area contributed by atoms with Gasteiger partial charge in [-0.1, -0.05) is 6.92 Å². The Labute approximate surface area is 99.9 Å². The van der Waals surface area contributed by atoms with Gasteiger partial charge in [-0.2, -0.15) is 4.37 Å². The molecule has 0 aromatic carbocycles. The SMILES string of the molecule is CCc1nsc(N2CCC(C(C)=O)CC2)n1. The molecule has 1 saturated heterocycles. The number of ketones is 1. The highest BCUT2D eigenvalue weighted by Crippen LogP contribution is 2.25. The second kappa shape index (κ2) is 4.91. The molecule has 2 rings (SSSR count). The maximum atomic E-state index is 11.2. The van der Waals surface area contributed by atoms with Crippen molar-refractivity contribution in [3.63, 3.8) is 0 Å². The number of aryl methyl sites for hydroxylation is 1. The highest BCUT2D eigenvalue weighted by molar-refractivity contribution is 7.09. The second-order valence-electron chi connectivity index (χ2n) is 4.22. The van der Waals surface area contributed by atoms with Gasteiger partial charge in [-0.05, 0) is 19.8 Å². The predicted molar refractivity (Wildman–Crippen MR) is 64.9 cm³/mol. The summed E-state index contributed by atoms with van der Waals surface area (Å²) in [6.45, 7) is 5.62. The van der Waals surface area contributed by atoms with Crippen LogP contribution in [0.25, 0.3) is 0 Å². The lowest BCUT2D eigenvalue weighted by molar-refractivity contribution is -0.121. The van der Waals surface area contributed by atoms with Gasteiger partial charge in [0.05, 0.1) is 0 Å². The molecule has 1 aromatic rings.